The van der Waals surface area contributed by atoms with Gasteiger partial charge in [0, 0.05) is 10.8 Å². The Labute approximate surface area is 144 Å². The topological polar surface area (TPSA) is 48.1 Å². The highest BCUT2D eigenvalue weighted by atomic mass is 32.2. The van der Waals surface area contributed by atoms with Crippen molar-refractivity contribution in [3.8, 4) is 17.0 Å². The summed E-state index contributed by atoms with van der Waals surface area (Å²) in [5, 5.41) is 1.09. The molecule has 3 nitrogen and oxygen atoms in total. The Morgan fingerprint density at radius 1 is 1.09 bits per heavy atom. The van der Waals surface area contributed by atoms with Crippen molar-refractivity contribution in [2.45, 2.75) is 16.5 Å². The van der Waals surface area contributed by atoms with Gasteiger partial charge in [-0.25, -0.2) is 4.98 Å². The molecule has 0 aliphatic heterocycles. The number of nitrogen functional groups attached to an aromatic ring is 1. The number of thioether (sulfide) groups is 1. The lowest BCUT2D eigenvalue weighted by Crippen LogP contribution is -1.88. The molecular formula is C18H18N2OS2. The van der Waals surface area contributed by atoms with Crippen LogP contribution in [0.25, 0.3) is 11.3 Å². The fraction of sp³-hybridized carbons (Fsp3) is 0.167. The Hall–Kier alpha value is -1.98. The first kappa shape index (κ1) is 15.9. The molecule has 5 heteroatoms. The van der Waals surface area contributed by atoms with Crippen molar-refractivity contribution < 1.29 is 4.74 Å². The van der Waals surface area contributed by atoms with Gasteiger partial charge in [0.15, 0.2) is 4.34 Å². The standard InChI is InChI=1S/C18H18N2OS2/c1-12(13-6-4-3-5-7-13)22-18-20-16(17(19)23-18)14-8-10-15(21-2)11-9-14/h3-12H,19H2,1-2H3. The summed E-state index contributed by atoms with van der Waals surface area (Å²) < 4.78 is 6.18. The zero-order valence-electron chi connectivity index (χ0n) is 13.0. The summed E-state index contributed by atoms with van der Waals surface area (Å²) in [5.41, 5.74) is 9.32. The van der Waals surface area contributed by atoms with E-state index in [9.17, 15) is 0 Å². The van der Waals surface area contributed by atoms with Crippen LogP contribution in [0.3, 0.4) is 0 Å². The van der Waals surface area contributed by atoms with Gasteiger partial charge in [0.25, 0.3) is 0 Å². The van der Waals surface area contributed by atoms with Crippen LogP contribution in [0.5, 0.6) is 5.75 Å². The molecule has 0 radical (unpaired) electrons. The Kier molecular flexibility index (Phi) is 4.88. The number of aromatic nitrogens is 1. The van der Waals surface area contributed by atoms with Crippen LogP contribution < -0.4 is 10.5 Å². The minimum atomic E-state index is 0.338. The normalized spacial score (nSPS) is 12.1. The number of nitrogens with two attached hydrogens (primary N) is 1. The van der Waals surface area contributed by atoms with Crippen molar-refractivity contribution in [3.05, 3.63) is 60.2 Å². The van der Waals surface area contributed by atoms with Crippen LogP contribution in [0.4, 0.5) is 5.00 Å². The maximum absolute atomic E-state index is 6.17. The van der Waals surface area contributed by atoms with Gasteiger partial charge in [0.2, 0.25) is 0 Å². The molecule has 0 fully saturated rings. The number of nitrogens with zero attached hydrogens (tertiary/aromatic N) is 1. The molecule has 2 aromatic carbocycles. The van der Waals surface area contributed by atoms with E-state index in [2.05, 4.69) is 31.2 Å². The summed E-state index contributed by atoms with van der Waals surface area (Å²) in [6.45, 7) is 2.19. The molecule has 1 aromatic heterocycles. The predicted octanol–water partition coefficient (Wildman–Crippen LogP) is 5.25. The number of methoxy groups -OCH3 is 1. The second-order valence-electron chi connectivity index (χ2n) is 5.09. The third-order valence-corrected chi connectivity index (χ3v) is 5.68. The lowest BCUT2D eigenvalue weighted by Gasteiger charge is -2.08. The number of anilines is 1. The second kappa shape index (κ2) is 7.06. The maximum atomic E-state index is 6.17. The SMILES string of the molecule is COc1ccc(-c2nc(SC(C)c3ccccc3)sc2N)cc1. The van der Waals surface area contributed by atoms with Crippen molar-refractivity contribution in [3.63, 3.8) is 0 Å². The predicted molar refractivity (Wildman–Crippen MR) is 99.2 cm³/mol. The first-order valence-corrected chi connectivity index (χ1v) is 8.99. The summed E-state index contributed by atoms with van der Waals surface area (Å²) in [6, 6.07) is 18.2. The average molecular weight is 342 g/mol. The maximum Gasteiger partial charge on any atom is 0.153 e. The highest BCUT2D eigenvalue weighted by Crippen LogP contribution is 2.41. The first-order chi connectivity index (χ1) is 11.2. The molecule has 0 spiro atoms. The lowest BCUT2D eigenvalue weighted by molar-refractivity contribution is 0.415. The first-order valence-electron chi connectivity index (χ1n) is 7.29. The van der Waals surface area contributed by atoms with Gasteiger partial charge in [0.1, 0.15) is 16.4 Å². The molecule has 0 aliphatic carbocycles. The monoisotopic (exact) mass is 342 g/mol. The van der Waals surface area contributed by atoms with Crippen molar-refractivity contribution in [2.24, 2.45) is 0 Å². The van der Waals surface area contributed by atoms with E-state index >= 15 is 0 Å². The van der Waals surface area contributed by atoms with E-state index in [1.165, 1.54) is 5.56 Å². The number of hydrogen-bond acceptors (Lipinski definition) is 5. The molecule has 3 aromatic rings. The van der Waals surface area contributed by atoms with Crippen LogP contribution in [0, 0.1) is 0 Å². The molecule has 1 unspecified atom stereocenters. The summed E-state index contributed by atoms with van der Waals surface area (Å²) in [5.74, 6) is 0.829. The summed E-state index contributed by atoms with van der Waals surface area (Å²) >= 11 is 3.28. The van der Waals surface area contributed by atoms with E-state index < -0.39 is 0 Å². The summed E-state index contributed by atoms with van der Waals surface area (Å²) in [4.78, 5) is 4.72. The largest absolute Gasteiger partial charge is 0.497 e. The molecule has 0 bridgehead atoms. The zero-order chi connectivity index (χ0) is 16.2. The Bertz CT molecular complexity index is 769. The number of thiazole rings is 1. The second-order valence-corrected chi connectivity index (χ2v) is 7.71. The molecule has 3 rings (SSSR count). The van der Waals surface area contributed by atoms with Crippen molar-refractivity contribution in [1.29, 1.82) is 0 Å². The quantitative estimate of drug-likeness (QED) is 0.643. The zero-order valence-corrected chi connectivity index (χ0v) is 14.7. The van der Waals surface area contributed by atoms with Gasteiger partial charge in [-0.15, -0.1) is 0 Å². The lowest BCUT2D eigenvalue weighted by atomic mass is 10.1. The van der Waals surface area contributed by atoms with E-state index in [1.54, 1.807) is 30.2 Å². The smallest absolute Gasteiger partial charge is 0.153 e. The van der Waals surface area contributed by atoms with Crippen LogP contribution in [0.2, 0.25) is 0 Å². The highest BCUT2D eigenvalue weighted by Gasteiger charge is 2.14. The van der Waals surface area contributed by atoms with Gasteiger partial charge in [-0.3, -0.25) is 0 Å². The molecule has 23 heavy (non-hydrogen) atoms. The minimum Gasteiger partial charge on any atom is -0.497 e. The Morgan fingerprint density at radius 2 is 1.78 bits per heavy atom. The van der Waals surface area contributed by atoms with Gasteiger partial charge in [-0.1, -0.05) is 53.4 Å². The van der Waals surface area contributed by atoms with E-state index in [0.29, 0.717) is 5.25 Å². The molecule has 2 N–H and O–H groups in total. The molecular weight excluding hydrogens is 324 g/mol. The third kappa shape index (κ3) is 3.68. The third-order valence-electron chi connectivity index (χ3n) is 3.54. The molecule has 0 aliphatic rings. The Morgan fingerprint density at radius 3 is 2.43 bits per heavy atom. The van der Waals surface area contributed by atoms with Crippen molar-refractivity contribution in [1.82, 2.24) is 4.98 Å². The molecule has 0 amide bonds. The molecule has 0 saturated heterocycles. The van der Waals surface area contributed by atoms with E-state index in [4.69, 9.17) is 15.5 Å². The van der Waals surface area contributed by atoms with Crippen molar-refractivity contribution in [2.75, 3.05) is 12.8 Å². The fourth-order valence-electron chi connectivity index (χ4n) is 2.26. The van der Waals surface area contributed by atoms with Gasteiger partial charge in [0.05, 0.1) is 7.11 Å². The molecule has 118 valence electrons. The van der Waals surface area contributed by atoms with Crippen LogP contribution in [0.15, 0.2) is 58.9 Å². The molecule has 1 heterocycles. The van der Waals surface area contributed by atoms with Crippen LogP contribution in [-0.2, 0) is 0 Å². The minimum absolute atomic E-state index is 0.338. The Balaban J connectivity index is 1.80. The van der Waals surface area contributed by atoms with Gasteiger partial charge >= 0.3 is 0 Å². The average Bonchev–Trinajstić information content (AvgIpc) is 2.96. The number of hydrogen-bond donors (Lipinski definition) is 1. The number of benzene rings is 2. The molecule has 1 atom stereocenters. The van der Waals surface area contributed by atoms with Crippen molar-refractivity contribution >= 4 is 28.1 Å². The highest BCUT2D eigenvalue weighted by molar-refractivity contribution is 8.01. The van der Waals surface area contributed by atoms with Crippen LogP contribution in [0.1, 0.15) is 17.7 Å². The molecule has 0 saturated carbocycles. The summed E-state index contributed by atoms with van der Waals surface area (Å²) in [6.07, 6.45) is 0. The van der Waals surface area contributed by atoms with Crippen LogP contribution in [-0.4, -0.2) is 12.1 Å². The van der Waals surface area contributed by atoms with E-state index in [-0.39, 0.29) is 0 Å². The van der Waals surface area contributed by atoms with E-state index in [1.807, 2.05) is 30.3 Å². The van der Waals surface area contributed by atoms with Gasteiger partial charge in [-0.05, 0) is 36.8 Å². The van der Waals surface area contributed by atoms with Gasteiger partial charge < -0.3 is 10.5 Å². The van der Waals surface area contributed by atoms with E-state index in [0.717, 1.165) is 26.3 Å². The number of rotatable bonds is 5. The summed E-state index contributed by atoms with van der Waals surface area (Å²) in [7, 11) is 1.66. The van der Waals surface area contributed by atoms with Gasteiger partial charge in [-0.2, -0.15) is 0 Å². The fourth-order valence-corrected chi connectivity index (χ4v) is 4.48. The van der Waals surface area contributed by atoms with Crippen LogP contribution >= 0.6 is 23.1 Å². The number of ether oxygens (including phenoxy) is 1.